The second kappa shape index (κ2) is 6.64. The Hall–Kier alpha value is -1.63. The van der Waals surface area contributed by atoms with E-state index in [0.717, 1.165) is 22.0 Å². The number of methoxy groups -OCH3 is 1. The molecule has 0 saturated heterocycles. The summed E-state index contributed by atoms with van der Waals surface area (Å²) in [5.41, 5.74) is 0.765. The van der Waals surface area contributed by atoms with Crippen molar-refractivity contribution >= 4 is 21.6 Å². The maximum absolute atomic E-state index is 13.8. The van der Waals surface area contributed by atoms with Gasteiger partial charge in [-0.25, -0.2) is 12.8 Å². The first-order valence-electron chi connectivity index (χ1n) is 6.39. The topological polar surface area (TPSA) is 46.6 Å². The summed E-state index contributed by atoms with van der Waals surface area (Å²) in [7, 11) is -0.985. The standard InChI is InChI=1S/C15H15ClFNO3S/c1-18(10-11-3-6-13(21-2)7-4-11)22(19,20)15-8-5-12(16)9-14(15)17/h3-9H,10H2,1-2H3. The molecule has 0 aromatic heterocycles. The van der Waals surface area contributed by atoms with Gasteiger partial charge in [0, 0.05) is 18.6 Å². The highest BCUT2D eigenvalue weighted by molar-refractivity contribution is 7.89. The van der Waals surface area contributed by atoms with Gasteiger partial charge in [-0.1, -0.05) is 23.7 Å². The molecular weight excluding hydrogens is 329 g/mol. The predicted molar refractivity (Wildman–Crippen MR) is 83.1 cm³/mol. The van der Waals surface area contributed by atoms with Gasteiger partial charge >= 0.3 is 0 Å². The summed E-state index contributed by atoms with van der Waals surface area (Å²) in [6, 6.07) is 10.5. The first-order valence-corrected chi connectivity index (χ1v) is 8.20. The van der Waals surface area contributed by atoms with Gasteiger partial charge in [0.1, 0.15) is 16.5 Å². The fourth-order valence-electron chi connectivity index (χ4n) is 1.93. The number of hydrogen-bond donors (Lipinski definition) is 0. The molecule has 0 bridgehead atoms. The van der Waals surface area contributed by atoms with E-state index in [0.29, 0.717) is 5.75 Å². The van der Waals surface area contributed by atoms with Crippen LogP contribution in [0.25, 0.3) is 0 Å². The van der Waals surface area contributed by atoms with Crippen molar-refractivity contribution in [1.82, 2.24) is 4.31 Å². The van der Waals surface area contributed by atoms with Crippen molar-refractivity contribution in [3.63, 3.8) is 0 Å². The molecule has 2 aromatic rings. The van der Waals surface area contributed by atoms with E-state index in [1.807, 2.05) is 0 Å². The summed E-state index contributed by atoms with van der Waals surface area (Å²) >= 11 is 5.64. The molecule has 0 aliphatic heterocycles. The number of halogens is 2. The Morgan fingerprint density at radius 1 is 1.18 bits per heavy atom. The molecule has 0 N–H and O–H groups in total. The van der Waals surface area contributed by atoms with Gasteiger partial charge in [-0.15, -0.1) is 0 Å². The van der Waals surface area contributed by atoms with Crippen LogP contribution < -0.4 is 4.74 Å². The summed E-state index contributed by atoms with van der Waals surface area (Å²) in [6.07, 6.45) is 0. The number of rotatable bonds is 5. The van der Waals surface area contributed by atoms with Crippen LogP contribution >= 0.6 is 11.6 Å². The third-order valence-electron chi connectivity index (χ3n) is 3.15. The molecule has 2 rings (SSSR count). The van der Waals surface area contributed by atoms with Gasteiger partial charge in [0.15, 0.2) is 0 Å². The van der Waals surface area contributed by atoms with Crippen molar-refractivity contribution < 1.29 is 17.5 Å². The van der Waals surface area contributed by atoms with Crippen molar-refractivity contribution in [2.45, 2.75) is 11.4 Å². The van der Waals surface area contributed by atoms with Gasteiger partial charge in [-0.05, 0) is 35.9 Å². The summed E-state index contributed by atoms with van der Waals surface area (Å²) in [6.45, 7) is 0.119. The molecule has 0 unspecified atom stereocenters. The third kappa shape index (κ3) is 3.58. The zero-order chi connectivity index (χ0) is 16.3. The van der Waals surface area contributed by atoms with Gasteiger partial charge in [0.2, 0.25) is 10.0 Å². The van der Waals surface area contributed by atoms with E-state index in [1.165, 1.54) is 13.1 Å². The quantitative estimate of drug-likeness (QED) is 0.836. The molecule has 0 saturated carbocycles. The molecule has 0 atom stereocenters. The monoisotopic (exact) mass is 343 g/mol. The second-order valence-corrected chi connectivity index (χ2v) is 7.13. The number of nitrogens with zero attached hydrogens (tertiary/aromatic N) is 1. The SMILES string of the molecule is COc1ccc(CN(C)S(=O)(=O)c2ccc(Cl)cc2F)cc1. The number of hydrogen-bond acceptors (Lipinski definition) is 3. The minimum absolute atomic E-state index is 0.119. The lowest BCUT2D eigenvalue weighted by atomic mass is 10.2. The average molecular weight is 344 g/mol. The Balaban J connectivity index is 2.24. The first-order chi connectivity index (χ1) is 10.3. The molecule has 118 valence electrons. The maximum Gasteiger partial charge on any atom is 0.246 e. The van der Waals surface area contributed by atoms with E-state index in [2.05, 4.69) is 0 Å². The van der Waals surface area contributed by atoms with E-state index in [4.69, 9.17) is 16.3 Å². The lowest BCUT2D eigenvalue weighted by molar-refractivity contribution is 0.414. The van der Waals surface area contributed by atoms with Gasteiger partial charge in [0.25, 0.3) is 0 Å². The summed E-state index contributed by atoms with van der Waals surface area (Å²) in [5, 5.41) is 0.147. The van der Waals surface area contributed by atoms with Gasteiger partial charge < -0.3 is 4.74 Å². The molecule has 0 spiro atoms. The molecule has 0 radical (unpaired) electrons. The van der Waals surface area contributed by atoms with E-state index >= 15 is 0 Å². The van der Waals surface area contributed by atoms with Crippen LogP contribution in [-0.4, -0.2) is 26.9 Å². The van der Waals surface area contributed by atoms with Crippen molar-refractivity contribution in [3.05, 3.63) is 58.9 Å². The molecule has 7 heteroatoms. The molecule has 0 aliphatic rings. The maximum atomic E-state index is 13.8. The van der Waals surface area contributed by atoms with Crippen LogP contribution in [0.3, 0.4) is 0 Å². The smallest absolute Gasteiger partial charge is 0.246 e. The Bertz CT molecular complexity index is 763. The van der Waals surface area contributed by atoms with Crippen molar-refractivity contribution in [1.29, 1.82) is 0 Å². The fourth-order valence-corrected chi connectivity index (χ4v) is 3.28. The Kier molecular flexibility index (Phi) is 5.05. The zero-order valence-corrected chi connectivity index (χ0v) is 13.7. The summed E-state index contributed by atoms with van der Waals surface area (Å²) < 4.78 is 44.8. The lowest BCUT2D eigenvalue weighted by Crippen LogP contribution is -2.27. The highest BCUT2D eigenvalue weighted by atomic mass is 35.5. The predicted octanol–water partition coefficient (Wildman–Crippen LogP) is 3.31. The van der Waals surface area contributed by atoms with Crippen molar-refractivity contribution in [2.75, 3.05) is 14.2 Å². The van der Waals surface area contributed by atoms with Gasteiger partial charge in [-0.3, -0.25) is 0 Å². The number of ether oxygens (including phenoxy) is 1. The van der Waals surface area contributed by atoms with Gasteiger partial charge in [-0.2, -0.15) is 4.31 Å². The van der Waals surface area contributed by atoms with E-state index < -0.39 is 20.7 Å². The summed E-state index contributed by atoms with van der Waals surface area (Å²) in [5.74, 6) is -0.188. The third-order valence-corrected chi connectivity index (χ3v) is 5.22. The summed E-state index contributed by atoms with van der Waals surface area (Å²) in [4.78, 5) is -0.395. The highest BCUT2D eigenvalue weighted by Crippen LogP contribution is 2.23. The van der Waals surface area contributed by atoms with Crippen molar-refractivity contribution in [2.24, 2.45) is 0 Å². The molecule has 22 heavy (non-hydrogen) atoms. The van der Waals surface area contributed by atoms with E-state index in [9.17, 15) is 12.8 Å². The van der Waals surface area contributed by atoms with E-state index in [1.54, 1.807) is 31.4 Å². The van der Waals surface area contributed by atoms with Crippen LogP contribution in [0.1, 0.15) is 5.56 Å². The molecule has 0 aliphatic carbocycles. The minimum Gasteiger partial charge on any atom is -0.497 e. The van der Waals surface area contributed by atoms with Crippen LogP contribution in [-0.2, 0) is 16.6 Å². The molecule has 2 aromatic carbocycles. The Morgan fingerprint density at radius 2 is 1.82 bits per heavy atom. The molecule has 0 fully saturated rings. The second-order valence-electron chi connectivity index (χ2n) is 4.68. The molecule has 4 nitrogen and oxygen atoms in total. The zero-order valence-electron chi connectivity index (χ0n) is 12.1. The Morgan fingerprint density at radius 3 is 2.36 bits per heavy atom. The fraction of sp³-hybridized carbons (Fsp3) is 0.200. The minimum atomic E-state index is -3.93. The van der Waals surface area contributed by atoms with Crippen LogP contribution in [0, 0.1) is 5.82 Å². The van der Waals surface area contributed by atoms with E-state index in [-0.39, 0.29) is 11.6 Å². The lowest BCUT2D eigenvalue weighted by Gasteiger charge is -2.18. The first kappa shape index (κ1) is 16.7. The molecule has 0 heterocycles. The highest BCUT2D eigenvalue weighted by Gasteiger charge is 2.24. The Labute approximate surface area is 134 Å². The molecular formula is C15H15ClFNO3S. The van der Waals surface area contributed by atoms with Crippen LogP contribution in [0.2, 0.25) is 5.02 Å². The van der Waals surface area contributed by atoms with Crippen LogP contribution in [0.4, 0.5) is 4.39 Å². The number of benzene rings is 2. The normalized spacial score (nSPS) is 11.7. The van der Waals surface area contributed by atoms with Crippen LogP contribution in [0.15, 0.2) is 47.4 Å². The average Bonchev–Trinajstić information content (AvgIpc) is 2.47. The van der Waals surface area contributed by atoms with Crippen molar-refractivity contribution in [3.8, 4) is 5.75 Å². The largest absolute Gasteiger partial charge is 0.497 e. The van der Waals surface area contributed by atoms with Crippen LogP contribution in [0.5, 0.6) is 5.75 Å². The number of sulfonamides is 1. The van der Waals surface area contributed by atoms with Gasteiger partial charge in [0.05, 0.1) is 7.11 Å². The molecule has 0 amide bonds.